The molecule has 2 aromatic rings. The van der Waals surface area contributed by atoms with Gasteiger partial charge >= 0.3 is 0 Å². The van der Waals surface area contributed by atoms with Crippen LogP contribution in [0.15, 0.2) is 36.4 Å². The third-order valence-corrected chi connectivity index (χ3v) is 3.53. The van der Waals surface area contributed by atoms with Crippen LogP contribution < -0.4 is 4.74 Å². The number of halogens is 2. The Labute approximate surface area is 126 Å². The van der Waals surface area contributed by atoms with Gasteiger partial charge in [-0.05, 0) is 31.2 Å². The van der Waals surface area contributed by atoms with Gasteiger partial charge in [0, 0.05) is 5.56 Å². The minimum atomic E-state index is -0.726. The number of aliphatic hydroxyl groups excluding tert-OH is 1. The Bertz CT molecular complexity index is 678. The highest BCUT2D eigenvalue weighted by Crippen LogP contribution is 2.37. The van der Waals surface area contributed by atoms with Crippen LogP contribution in [0.2, 0.25) is 10.0 Å². The van der Waals surface area contributed by atoms with Crippen molar-refractivity contribution in [2.75, 3.05) is 0 Å². The van der Waals surface area contributed by atoms with E-state index in [0.717, 1.165) is 0 Å². The van der Waals surface area contributed by atoms with Gasteiger partial charge in [-0.1, -0.05) is 35.3 Å². The average Bonchev–Trinajstić information content (AvgIpc) is 2.43. The maximum atomic E-state index is 9.75. The van der Waals surface area contributed by atoms with E-state index >= 15 is 0 Å². The van der Waals surface area contributed by atoms with Gasteiger partial charge in [0.25, 0.3) is 0 Å². The SMILES string of the molecule is CC(O)c1ccc(C#N)cc1Oc1cccc(Cl)c1Cl. The summed E-state index contributed by atoms with van der Waals surface area (Å²) in [6.07, 6.45) is -0.726. The fourth-order valence-corrected chi connectivity index (χ4v) is 2.05. The van der Waals surface area contributed by atoms with Crippen LogP contribution >= 0.6 is 23.2 Å². The van der Waals surface area contributed by atoms with Crippen molar-refractivity contribution in [3.8, 4) is 17.6 Å². The molecule has 2 rings (SSSR count). The summed E-state index contributed by atoms with van der Waals surface area (Å²) in [7, 11) is 0. The summed E-state index contributed by atoms with van der Waals surface area (Å²) < 4.78 is 5.70. The molecule has 0 saturated heterocycles. The molecule has 3 nitrogen and oxygen atoms in total. The molecule has 1 unspecified atom stereocenters. The zero-order valence-electron chi connectivity index (χ0n) is 10.6. The summed E-state index contributed by atoms with van der Waals surface area (Å²) in [6, 6.07) is 11.9. The monoisotopic (exact) mass is 307 g/mol. The van der Waals surface area contributed by atoms with Gasteiger partial charge in [-0.2, -0.15) is 5.26 Å². The Morgan fingerprint density at radius 2 is 1.95 bits per heavy atom. The molecule has 0 fully saturated rings. The lowest BCUT2D eigenvalue weighted by molar-refractivity contribution is 0.195. The second-order valence-electron chi connectivity index (χ2n) is 4.19. The van der Waals surface area contributed by atoms with Crippen LogP contribution in [0.3, 0.4) is 0 Å². The quantitative estimate of drug-likeness (QED) is 0.893. The number of rotatable bonds is 3. The zero-order chi connectivity index (χ0) is 14.7. The van der Waals surface area contributed by atoms with Crippen LogP contribution in [-0.2, 0) is 0 Å². The number of nitrogens with zero attached hydrogens (tertiary/aromatic N) is 1. The molecule has 0 bridgehead atoms. The highest BCUT2D eigenvalue weighted by Gasteiger charge is 2.13. The first-order valence-corrected chi connectivity index (χ1v) is 6.62. The van der Waals surface area contributed by atoms with Crippen molar-refractivity contribution in [2.45, 2.75) is 13.0 Å². The Balaban J connectivity index is 2.46. The van der Waals surface area contributed by atoms with Gasteiger partial charge in [0.05, 0.1) is 22.8 Å². The second kappa shape index (κ2) is 6.15. The maximum Gasteiger partial charge on any atom is 0.147 e. The minimum Gasteiger partial charge on any atom is -0.455 e. The van der Waals surface area contributed by atoms with Crippen LogP contribution in [-0.4, -0.2) is 5.11 Å². The number of hydrogen-bond donors (Lipinski definition) is 1. The Hall–Kier alpha value is -1.73. The molecule has 0 spiro atoms. The van der Waals surface area contributed by atoms with Gasteiger partial charge in [0.1, 0.15) is 16.5 Å². The summed E-state index contributed by atoms with van der Waals surface area (Å²) >= 11 is 12.0. The molecule has 0 radical (unpaired) electrons. The van der Waals surface area contributed by atoms with Gasteiger partial charge in [-0.15, -0.1) is 0 Å². The zero-order valence-corrected chi connectivity index (χ0v) is 12.1. The fourth-order valence-electron chi connectivity index (χ4n) is 1.72. The van der Waals surface area contributed by atoms with Crippen molar-refractivity contribution in [1.29, 1.82) is 5.26 Å². The van der Waals surface area contributed by atoms with E-state index in [1.807, 2.05) is 6.07 Å². The van der Waals surface area contributed by atoms with E-state index in [2.05, 4.69) is 0 Å². The molecule has 0 aliphatic heterocycles. The molecule has 0 aliphatic rings. The molecule has 0 aliphatic carbocycles. The number of benzene rings is 2. The molecule has 102 valence electrons. The highest BCUT2D eigenvalue weighted by molar-refractivity contribution is 6.42. The molecule has 20 heavy (non-hydrogen) atoms. The molecule has 0 heterocycles. The summed E-state index contributed by atoms with van der Waals surface area (Å²) in [5.41, 5.74) is 1.00. The van der Waals surface area contributed by atoms with E-state index in [4.69, 9.17) is 33.2 Å². The van der Waals surface area contributed by atoms with Crippen LogP contribution in [0.4, 0.5) is 0 Å². The van der Waals surface area contributed by atoms with Crippen molar-refractivity contribution in [2.24, 2.45) is 0 Å². The van der Waals surface area contributed by atoms with Gasteiger partial charge in [-0.25, -0.2) is 0 Å². The number of hydrogen-bond acceptors (Lipinski definition) is 3. The molecule has 0 amide bonds. The van der Waals surface area contributed by atoms with Gasteiger partial charge < -0.3 is 9.84 Å². The number of ether oxygens (including phenoxy) is 1. The summed E-state index contributed by atoms with van der Waals surface area (Å²) in [5, 5.41) is 19.3. The molecule has 5 heteroatoms. The smallest absolute Gasteiger partial charge is 0.147 e. The van der Waals surface area contributed by atoms with E-state index in [1.54, 1.807) is 43.3 Å². The van der Waals surface area contributed by atoms with Gasteiger partial charge in [-0.3, -0.25) is 0 Å². The van der Waals surface area contributed by atoms with Crippen molar-refractivity contribution in [3.63, 3.8) is 0 Å². The largest absolute Gasteiger partial charge is 0.455 e. The van der Waals surface area contributed by atoms with Crippen molar-refractivity contribution in [3.05, 3.63) is 57.6 Å². The predicted molar refractivity (Wildman–Crippen MR) is 78.3 cm³/mol. The van der Waals surface area contributed by atoms with E-state index in [1.165, 1.54) is 0 Å². The Kier molecular flexibility index (Phi) is 4.51. The highest BCUT2D eigenvalue weighted by atomic mass is 35.5. The van der Waals surface area contributed by atoms with E-state index in [-0.39, 0.29) is 5.02 Å². The number of nitriles is 1. The van der Waals surface area contributed by atoms with Crippen LogP contribution in [0, 0.1) is 11.3 Å². The van der Waals surface area contributed by atoms with Gasteiger partial charge in [0.15, 0.2) is 0 Å². The van der Waals surface area contributed by atoms with E-state index in [9.17, 15) is 5.11 Å². The molecule has 0 aromatic heterocycles. The first-order chi connectivity index (χ1) is 9.52. The van der Waals surface area contributed by atoms with Gasteiger partial charge in [0.2, 0.25) is 0 Å². The minimum absolute atomic E-state index is 0.285. The topological polar surface area (TPSA) is 53.2 Å². The predicted octanol–water partition coefficient (Wildman–Crippen LogP) is 4.71. The molecule has 2 aromatic carbocycles. The van der Waals surface area contributed by atoms with E-state index in [0.29, 0.717) is 27.6 Å². The lowest BCUT2D eigenvalue weighted by atomic mass is 10.1. The molecule has 1 N–H and O–H groups in total. The summed E-state index contributed by atoms with van der Waals surface area (Å²) in [5.74, 6) is 0.749. The Morgan fingerprint density at radius 1 is 1.20 bits per heavy atom. The first kappa shape index (κ1) is 14.7. The van der Waals surface area contributed by atoms with Crippen molar-refractivity contribution < 1.29 is 9.84 Å². The first-order valence-electron chi connectivity index (χ1n) is 5.87. The van der Waals surface area contributed by atoms with Crippen molar-refractivity contribution in [1.82, 2.24) is 0 Å². The lowest BCUT2D eigenvalue weighted by Gasteiger charge is -2.14. The molecule has 0 saturated carbocycles. The van der Waals surface area contributed by atoms with Crippen molar-refractivity contribution >= 4 is 23.2 Å². The third kappa shape index (κ3) is 3.05. The molecule has 1 atom stereocenters. The second-order valence-corrected chi connectivity index (χ2v) is 4.98. The summed E-state index contributed by atoms with van der Waals surface area (Å²) in [4.78, 5) is 0. The fraction of sp³-hybridized carbons (Fsp3) is 0.133. The normalized spacial score (nSPS) is 11.8. The maximum absolute atomic E-state index is 9.75. The van der Waals surface area contributed by atoms with E-state index < -0.39 is 6.10 Å². The third-order valence-electron chi connectivity index (χ3n) is 2.73. The lowest BCUT2D eigenvalue weighted by Crippen LogP contribution is -1.97. The molecular formula is C15H11Cl2NO2. The average molecular weight is 308 g/mol. The summed E-state index contributed by atoms with van der Waals surface area (Å²) in [6.45, 7) is 1.62. The van der Waals surface area contributed by atoms with Crippen LogP contribution in [0.25, 0.3) is 0 Å². The number of aliphatic hydroxyl groups is 1. The van der Waals surface area contributed by atoms with Crippen LogP contribution in [0.1, 0.15) is 24.2 Å². The molecular weight excluding hydrogens is 297 g/mol. The van der Waals surface area contributed by atoms with Crippen LogP contribution in [0.5, 0.6) is 11.5 Å². The Morgan fingerprint density at radius 3 is 2.60 bits per heavy atom. The standard InChI is InChI=1S/C15H11Cl2NO2/c1-9(19)11-6-5-10(8-18)7-14(11)20-13-4-2-3-12(16)15(13)17/h2-7,9,19H,1H3.